The Hall–Kier alpha value is -1.59. The standard InChI is InChI=1S/C15H22N2O3/c1-12(15(19)17-8-6-16(2)7-9-17)20-14-5-3-4-13(10-14)11-18/h3-5,10,12,18H,6-9,11H2,1-2H3. The minimum atomic E-state index is -0.507. The zero-order chi connectivity index (χ0) is 14.5. The summed E-state index contributed by atoms with van der Waals surface area (Å²) < 4.78 is 5.68. The number of carbonyl (C=O) groups is 1. The molecule has 1 saturated heterocycles. The predicted octanol–water partition coefficient (Wildman–Crippen LogP) is 0.720. The lowest BCUT2D eigenvalue weighted by Gasteiger charge is -2.33. The third kappa shape index (κ3) is 3.71. The smallest absolute Gasteiger partial charge is 0.263 e. The maximum absolute atomic E-state index is 12.3. The van der Waals surface area contributed by atoms with Crippen molar-refractivity contribution in [3.05, 3.63) is 29.8 Å². The average Bonchev–Trinajstić information content (AvgIpc) is 2.47. The molecular weight excluding hydrogens is 256 g/mol. The van der Waals surface area contributed by atoms with Gasteiger partial charge in [0.1, 0.15) is 5.75 Å². The van der Waals surface area contributed by atoms with Gasteiger partial charge in [-0.15, -0.1) is 0 Å². The number of aliphatic hydroxyl groups is 1. The highest BCUT2D eigenvalue weighted by atomic mass is 16.5. The molecule has 1 N–H and O–H groups in total. The summed E-state index contributed by atoms with van der Waals surface area (Å²) in [6.45, 7) is 5.04. The van der Waals surface area contributed by atoms with E-state index in [2.05, 4.69) is 11.9 Å². The second kappa shape index (κ2) is 6.72. The molecule has 20 heavy (non-hydrogen) atoms. The van der Waals surface area contributed by atoms with Crippen LogP contribution in [0.15, 0.2) is 24.3 Å². The molecule has 1 aliphatic rings. The van der Waals surface area contributed by atoms with Crippen LogP contribution in [0.1, 0.15) is 12.5 Å². The van der Waals surface area contributed by atoms with Gasteiger partial charge < -0.3 is 19.6 Å². The number of aliphatic hydroxyl groups excluding tert-OH is 1. The summed E-state index contributed by atoms with van der Waals surface area (Å²) in [5.41, 5.74) is 0.779. The van der Waals surface area contributed by atoms with Gasteiger partial charge in [-0.2, -0.15) is 0 Å². The van der Waals surface area contributed by atoms with E-state index in [0.29, 0.717) is 5.75 Å². The summed E-state index contributed by atoms with van der Waals surface area (Å²) in [6.07, 6.45) is -0.507. The van der Waals surface area contributed by atoms with Gasteiger partial charge in [0.15, 0.2) is 6.10 Å². The van der Waals surface area contributed by atoms with Crippen molar-refractivity contribution in [1.29, 1.82) is 0 Å². The van der Waals surface area contributed by atoms with Gasteiger partial charge in [-0.3, -0.25) is 4.79 Å². The summed E-state index contributed by atoms with van der Waals surface area (Å²) in [4.78, 5) is 16.4. The van der Waals surface area contributed by atoms with Crippen LogP contribution in [0.25, 0.3) is 0 Å². The maximum atomic E-state index is 12.3. The molecule has 1 aliphatic heterocycles. The minimum absolute atomic E-state index is 0.0208. The molecule has 0 aromatic heterocycles. The maximum Gasteiger partial charge on any atom is 0.263 e. The lowest BCUT2D eigenvalue weighted by atomic mass is 10.2. The first-order valence-corrected chi connectivity index (χ1v) is 6.94. The Morgan fingerprint density at radius 1 is 1.35 bits per heavy atom. The molecule has 0 saturated carbocycles. The second-order valence-electron chi connectivity index (χ2n) is 5.19. The van der Waals surface area contributed by atoms with Gasteiger partial charge in [0, 0.05) is 26.2 Å². The molecule has 1 fully saturated rings. The van der Waals surface area contributed by atoms with E-state index in [1.54, 1.807) is 19.1 Å². The van der Waals surface area contributed by atoms with Crippen LogP contribution in [-0.2, 0) is 11.4 Å². The molecule has 1 aromatic carbocycles. The second-order valence-corrected chi connectivity index (χ2v) is 5.19. The molecule has 0 bridgehead atoms. The number of rotatable bonds is 4. The van der Waals surface area contributed by atoms with Crippen LogP contribution in [0.4, 0.5) is 0 Å². The van der Waals surface area contributed by atoms with Crippen LogP contribution in [0, 0.1) is 0 Å². The summed E-state index contributed by atoms with van der Waals surface area (Å²) in [5.74, 6) is 0.638. The number of likely N-dealkylation sites (N-methyl/N-ethyl adjacent to an activating group) is 1. The number of benzene rings is 1. The van der Waals surface area contributed by atoms with Crippen molar-refractivity contribution in [2.75, 3.05) is 33.2 Å². The normalized spacial score (nSPS) is 17.9. The summed E-state index contributed by atoms with van der Waals surface area (Å²) in [5, 5.41) is 9.10. The van der Waals surface area contributed by atoms with Gasteiger partial charge in [0.25, 0.3) is 5.91 Å². The van der Waals surface area contributed by atoms with E-state index in [4.69, 9.17) is 9.84 Å². The van der Waals surface area contributed by atoms with Gasteiger partial charge >= 0.3 is 0 Å². The van der Waals surface area contributed by atoms with Crippen LogP contribution < -0.4 is 4.74 Å². The molecule has 110 valence electrons. The monoisotopic (exact) mass is 278 g/mol. The van der Waals surface area contributed by atoms with Crippen molar-refractivity contribution in [2.24, 2.45) is 0 Å². The molecule has 5 heteroatoms. The first kappa shape index (κ1) is 14.8. The Morgan fingerprint density at radius 3 is 2.70 bits per heavy atom. The Kier molecular flexibility index (Phi) is 4.98. The first-order chi connectivity index (χ1) is 9.60. The van der Waals surface area contributed by atoms with Crippen molar-refractivity contribution in [3.8, 4) is 5.75 Å². The molecule has 1 heterocycles. The first-order valence-electron chi connectivity index (χ1n) is 6.94. The quantitative estimate of drug-likeness (QED) is 0.882. The fraction of sp³-hybridized carbons (Fsp3) is 0.533. The molecule has 0 aliphatic carbocycles. The molecule has 2 rings (SSSR count). The molecule has 0 spiro atoms. The van der Waals surface area contributed by atoms with Crippen molar-refractivity contribution in [2.45, 2.75) is 19.6 Å². The zero-order valence-electron chi connectivity index (χ0n) is 12.1. The van der Waals surface area contributed by atoms with Crippen LogP contribution in [0.5, 0.6) is 5.75 Å². The van der Waals surface area contributed by atoms with Crippen LogP contribution in [0.3, 0.4) is 0 Å². The highest BCUT2D eigenvalue weighted by Crippen LogP contribution is 2.16. The number of ether oxygens (including phenoxy) is 1. The molecule has 5 nitrogen and oxygen atoms in total. The summed E-state index contributed by atoms with van der Waals surface area (Å²) in [7, 11) is 2.06. The van der Waals surface area contributed by atoms with Gasteiger partial charge in [0.2, 0.25) is 0 Å². The summed E-state index contributed by atoms with van der Waals surface area (Å²) >= 11 is 0. The molecule has 1 amide bonds. The molecular formula is C15H22N2O3. The number of hydrogen-bond donors (Lipinski definition) is 1. The fourth-order valence-electron chi connectivity index (χ4n) is 2.26. The van der Waals surface area contributed by atoms with Gasteiger partial charge in [-0.05, 0) is 31.7 Å². The third-order valence-electron chi connectivity index (χ3n) is 3.56. The zero-order valence-corrected chi connectivity index (χ0v) is 12.1. The number of carbonyl (C=O) groups excluding carboxylic acids is 1. The van der Waals surface area contributed by atoms with Gasteiger partial charge in [0.05, 0.1) is 6.61 Å². The fourth-order valence-corrected chi connectivity index (χ4v) is 2.26. The van der Waals surface area contributed by atoms with Crippen molar-refractivity contribution < 1.29 is 14.6 Å². The minimum Gasteiger partial charge on any atom is -0.481 e. The van der Waals surface area contributed by atoms with E-state index in [9.17, 15) is 4.79 Å². The number of amides is 1. The van der Waals surface area contributed by atoms with Crippen LogP contribution in [-0.4, -0.2) is 60.1 Å². The van der Waals surface area contributed by atoms with Crippen molar-refractivity contribution in [3.63, 3.8) is 0 Å². The van der Waals surface area contributed by atoms with E-state index in [1.807, 2.05) is 17.0 Å². The topological polar surface area (TPSA) is 53.0 Å². The number of piperazine rings is 1. The van der Waals surface area contributed by atoms with Gasteiger partial charge in [-0.25, -0.2) is 0 Å². The number of nitrogens with zero attached hydrogens (tertiary/aromatic N) is 2. The Bertz CT molecular complexity index is 456. The molecule has 1 atom stereocenters. The molecule has 1 aromatic rings. The Balaban J connectivity index is 1.93. The van der Waals surface area contributed by atoms with E-state index >= 15 is 0 Å². The third-order valence-corrected chi connectivity index (χ3v) is 3.56. The highest BCUT2D eigenvalue weighted by Gasteiger charge is 2.24. The molecule has 0 radical (unpaired) electrons. The average molecular weight is 278 g/mol. The number of hydrogen-bond acceptors (Lipinski definition) is 4. The van der Waals surface area contributed by atoms with E-state index in [0.717, 1.165) is 31.7 Å². The highest BCUT2D eigenvalue weighted by molar-refractivity contribution is 5.81. The Morgan fingerprint density at radius 2 is 2.05 bits per heavy atom. The largest absolute Gasteiger partial charge is 0.481 e. The van der Waals surface area contributed by atoms with E-state index in [-0.39, 0.29) is 12.5 Å². The Labute approximate surface area is 119 Å². The van der Waals surface area contributed by atoms with Crippen molar-refractivity contribution >= 4 is 5.91 Å². The van der Waals surface area contributed by atoms with Crippen molar-refractivity contribution in [1.82, 2.24) is 9.80 Å². The van der Waals surface area contributed by atoms with E-state index in [1.165, 1.54) is 0 Å². The van der Waals surface area contributed by atoms with Gasteiger partial charge in [-0.1, -0.05) is 12.1 Å². The predicted molar refractivity (Wildman–Crippen MR) is 76.5 cm³/mol. The summed E-state index contributed by atoms with van der Waals surface area (Å²) in [6, 6.07) is 7.19. The SMILES string of the molecule is CC(Oc1cccc(CO)c1)C(=O)N1CCN(C)CC1. The molecule has 1 unspecified atom stereocenters. The lowest BCUT2D eigenvalue weighted by molar-refractivity contribution is -0.139. The lowest BCUT2D eigenvalue weighted by Crippen LogP contribution is -2.50. The van der Waals surface area contributed by atoms with Crippen LogP contribution in [0.2, 0.25) is 0 Å². The van der Waals surface area contributed by atoms with Crippen LogP contribution >= 0.6 is 0 Å². The van der Waals surface area contributed by atoms with E-state index < -0.39 is 6.10 Å².